The number of carbonyl (C=O) groups excluding carboxylic acids is 1. The molecule has 0 aliphatic carbocycles. The smallest absolute Gasteiger partial charge is 0.273 e. The minimum Gasteiger partial charge on any atom is -0.507 e. The van der Waals surface area contributed by atoms with Crippen molar-refractivity contribution in [3.05, 3.63) is 34.5 Å². The first-order valence-electron chi connectivity index (χ1n) is 7.61. The summed E-state index contributed by atoms with van der Waals surface area (Å²) in [6.45, 7) is 12.3. The number of amides is 1. The zero-order valence-corrected chi connectivity index (χ0v) is 15.3. The molecule has 1 aromatic rings. The normalized spacial score (nSPS) is 17.4. The molecule has 1 aliphatic rings. The third-order valence-electron chi connectivity index (χ3n) is 3.78. The third kappa shape index (κ3) is 3.72. The summed E-state index contributed by atoms with van der Waals surface area (Å²) in [5, 5.41) is 16.4. The van der Waals surface area contributed by atoms with Gasteiger partial charge in [-0.25, -0.2) is 0 Å². The minimum absolute atomic E-state index is 0.209. The lowest BCUT2D eigenvalue weighted by Crippen LogP contribution is -2.21. The van der Waals surface area contributed by atoms with E-state index in [2.05, 4.69) is 52.2 Å². The van der Waals surface area contributed by atoms with Gasteiger partial charge in [0.25, 0.3) is 5.91 Å². The zero-order valence-electron chi connectivity index (χ0n) is 14.5. The first-order chi connectivity index (χ1) is 10.4. The summed E-state index contributed by atoms with van der Waals surface area (Å²) in [5.74, 6) is 0.0872. The predicted molar refractivity (Wildman–Crippen MR) is 97.4 cm³/mol. The molecule has 5 heteroatoms. The molecular weight excluding hydrogens is 308 g/mol. The van der Waals surface area contributed by atoms with Crippen LogP contribution in [0.3, 0.4) is 0 Å². The molecule has 0 spiro atoms. The Morgan fingerprint density at radius 3 is 1.83 bits per heavy atom. The number of thiocarbonyl (C=S) groups is 1. The first-order valence-corrected chi connectivity index (χ1v) is 8.02. The van der Waals surface area contributed by atoms with Crippen molar-refractivity contribution in [2.24, 2.45) is 0 Å². The minimum atomic E-state index is -0.238. The highest BCUT2D eigenvalue weighted by atomic mass is 32.1. The Bertz CT molecular complexity index is 672. The number of benzene rings is 1. The van der Waals surface area contributed by atoms with E-state index >= 15 is 0 Å². The van der Waals surface area contributed by atoms with Crippen molar-refractivity contribution in [1.82, 2.24) is 10.6 Å². The van der Waals surface area contributed by atoms with Crippen molar-refractivity contribution in [3.63, 3.8) is 0 Å². The molecule has 0 unspecified atom stereocenters. The summed E-state index contributed by atoms with van der Waals surface area (Å²) < 4.78 is 0. The Hall–Kier alpha value is -1.88. The SMILES string of the molecule is CC(C)(C)c1cc(/C=C2/NC(=S)NC2=O)cc(C(C)(C)C)c1O. The van der Waals surface area contributed by atoms with Gasteiger partial charge in [0.2, 0.25) is 0 Å². The van der Waals surface area contributed by atoms with Gasteiger partial charge in [-0.3, -0.25) is 10.1 Å². The molecule has 1 aromatic carbocycles. The van der Waals surface area contributed by atoms with Crippen LogP contribution in [-0.2, 0) is 15.6 Å². The van der Waals surface area contributed by atoms with Crippen LogP contribution >= 0.6 is 12.2 Å². The molecule has 4 nitrogen and oxygen atoms in total. The van der Waals surface area contributed by atoms with E-state index in [4.69, 9.17) is 12.2 Å². The van der Waals surface area contributed by atoms with E-state index in [9.17, 15) is 9.90 Å². The Morgan fingerprint density at radius 2 is 1.48 bits per heavy atom. The number of phenols is 1. The van der Waals surface area contributed by atoms with Crippen LogP contribution in [0.4, 0.5) is 0 Å². The maximum Gasteiger partial charge on any atom is 0.273 e. The van der Waals surface area contributed by atoms with Crippen LogP contribution < -0.4 is 10.6 Å². The largest absolute Gasteiger partial charge is 0.507 e. The van der Waals surface area contributed by atoms with Gasteiger partial charge in [0.15, 0.2) is 5.11 Å². The Morgan fingerprint density at radius 1 is 1.00 bits per heavy atom. The fourth-order valence-corrected chi connectivity index (χ4v) is 2.74. The molecule has 1 aliphatic heterocycles. The monoisotopic (exact) mass is 332 g/mol. The topological polar surface area (TPSA) is 61.4 Å². The summed E-state index contributed by atoms with van der Waals surface area (Å²) in [6.07, 6.45) is 1.76. The van der Waals surface area contributed by atoms with Gasteiger partial charge < -0.3 is 10.4 Å². The molecule has 2 rings (SSSR count). The van der Waals surface area contributed by atoms with Crippen LogP contribution in [-0.4, -0.2) is 16.1 Å². The molecule has 0 atom stereocenters. The molecular formula is C18H24N2O2S. The van der Waals surface area contributed by atoms with Crippen LogP contribution in [0.15, 0.2) is 17.8 Å². The van der Waals surface area contributed by atoms with Gasteiger partial charge in [0, 0.05) is 11.1 Å². The summed E-state index contributed by atoms with van der Waals surface area (Å²) in [7, 11) is 0. The molecule has 3 N–H and O–H groups in total. The Balaban J connectivity index is 2.64. The molecule has 124 valence electrons. The standard InChI is InChI=1S/C18H24N2O2S/c1-17(2,3)11-7-10(8-12(14(11)21)18(4,5)6)9-13-15(22)20-16(23)19-13/h7-9,21H,1-6H3,(H2,19,20,22,23)/b13-9+. The number of aromatic hydroxyl groups is 1. The molecule has 0 saturated carbocycles. The Labute approximate surface area is 143 Å². The first kappa shape index (κ1) is 17.5. The van der Waals surface area contributed by atoms with Crippen molar-refractivity contribution < 1.29 is 9.90 Å². The fraction of sp³-hybridized carbons (Fsp3) is 0.444. The van der Waals surface area contributed by atoms with Crippen molar-refractivity contribution in [3.8, 4) is 5.75 Å². The molecule has 0 radical (unpaired) electrons. The van der Waals surface area contributed by atoms with Crippen LogP contribution in [0.25, 0.3) is 6.08 Å². The van der Waals surface area contributed by atoms with Crippen LogP contribution in [0.1, 0.15) is 58.2 Å². The van der Waals surface area contributed by atoms with E-state index < -0.39 is 0 Å². The molecule has 1 saturated heterocycles. The number of carbonyl (C=O) groups is 1. The fourth-order valence-electron chi connectivity index (χ4n) is 2.53. The van der Waals surface area contributed by atoms with Crippen molar-refractivity contribution in [1.29, 1.82) is 0 Å². The van der Waals surface area contributed by atoms with E-state index in [1.807, 2.05) is 12.1 Å². The average Bonchev–Trinajstić information content (AvgIpc) is 2.67. The van der Waals surface area contributed by atoms with E-state index in [1.165, 1.54) is 0 Å². The van der Waals surface area contributed by atoms with Crippen LogP contribution in [0.2, 0.25) is 0 Å². The third-order valence-corrected chi connectivity index (χ3v) is 3.98. The molecule has 1 amide bonds. The van der Waals surface area contributed by atoms with Gasteiger partial charge in [0.05, 0.1) is 0 Å². The molecule has 0 bridgehead atoms. The van der Waals surface area contributed by atoms with E-state index in [-0.39, 0.29) is 16.7 Å². The molecule has 23 heavy (non-hydrogen) atoms. The maximum atomic E-state index is 11.8. The Kier molecular flexibility index (Phi) is 4.28. The number of hydrogen-bond donors (Lipinski definition) is 3. The highest BCUT2D eigenvalue weighted by Gasteiger charge is 2.27. The van der Waals surface area contributed by atoms with E-state index in [1.54, 1.807) is 6.08 Å². The molecule has 0 aromatic heterocycles. The maximum absolute atomic E-state index is 11.8. The summed E-state index contributed by atoms with van der Waals surface area (Å²) in [5.41, 5.74) is 2.58. The van der Waals surface area contributed by atoms with Gasteiger partial charge in [0.1, 0.15) is 11.4 Å². The molecule has 1 fully saturated rings. The van der Waals surface area contributed by atoms with E-state index in [0.29, 0.717) is 16.6 Å². The summed E-state index contributed by atoms with van der Waals surface area (Å²) >= 11 is 4.96. The highest BCUT2D eigenvalue weighted by molar-refractivity contribution is 7.80. The lowest BCUT2D eigenvalue weighted by Gasteiger charge is -2.28. The van der Waals surface area contributed by atoms with Crippen molar-refractivity contribution >= 4 is 29.3 Å². The van der Waals surface area contributed by atoms with Gasteiger partial charge in [-0.15, -0.1) is 0 Å². The van der Waals surface area contributed by atoms with Gasteiger partial charge in [-0.1, -0.05) is 41.5 Å². The number of hydrogen-bond acceptors (Lipinski definition) is 3. The quantitative estimate of drug-likeness (QED) is 0.545. The van der Waals surface area contributed by atoms with Gasteiger partial charge in [-0.2, -0.15) is 0 Å². The van der Waals surface area contributed by atoms with Crippen molar-refractivity contribution in [2.75, 3.05) is 0 Å². The second-order valence-electron chi connectivity index (χ2n) is 7.93. The number of phenolic OH excluding ortho intramolecular Hbond substituents is 1. The zero-order chi connectivity index (χ0) is 17.6. The predicted octanol–water partition coefficient (Wildman–Crippen LogP) is 3.33. The molecule has 1 heterocycles. The van der Waals surface area contributed by atoms with Crippen LogP contribution in [0.5, 0.6) is 5.75 Å². The highest BCUT2D eigenvalue weighted by Crippen LogP contribution is 2.40. The number of rotatable bonds is 1. The van der Waals surface area contributed by atoms with Crippen molar-refractivity contribution in [2.45, 2.75) is 52.4 Å². The second kappa shape index (κ2) is 5.64. The summed E-state index contributed by atoms with van der Waals surface area (Å²) in [4.78, 5) is 11.8. The summed E-state index contributed by atoms with van der Waals surface area (Å²) in [6, 6.07) is 3.85. The van der Waals surface area contributed by atoms with Crippen LogP contribution in [0, 0.1) is 0 Å². The average molecular weight is 332 g/mol. The lowest BCUT2D eigenvalue weighted by molar-refractivity contribution is -0.115. The van der Waals surface area contributed by atoms with Gasteiger partial charge >= 0.3 is 0 Å². The lowest BCUT2D eigenvalue weighted by atomic mass is 9.78. The second-order valence-corrected chi connectivity index (χ2v) is 8.34. The van der Waals surface area contributed by atoms with Gasteiger partial charge in [-0.05, 0) is 46.8 Å². The van der Waals surface area contributed by atoms with E-state index in [0.717, 1.165) is 16.7 Å². The number of nitrogens with one attached hydrogen (secondary N) is 2.